The highest BCUT2D eigenvalue weighted by Crippen LogP contribution is 2.67. The van der Waals surface area contributed by atoms with Crippen LogP contribution in [0, 0.1) is 28.6 Å². The van der Waals surface area contributed by atoms with E-state index in [4.69, 9.17) is 4.18 Å². The molecular weight excluding hydrogens is 388 g/mol. The molecule has 5 nitrogen and oxygen atoms in total. The van der Waals surface area contributed by atoms with Gasteiger partial charge in [0.1, 0.15) is 0 Å². The van der Waals surface area contributed by atoms with Crippen molar-refractivity contribution in [2.24, 2.45) is 28.6 Å². The van der Waals surface area contributed by atoms with Gasteiger partial charge in [0, 0.05) is 5.41 Å². The van der Waals surface area contributed by atoms with Crippen LogP contribution in [0.15, 0.2) is 22.3 Å². The molecule has 0 saturated heterocycles. The topological polar surface area (TPSA) is 80.7 Å². The third kappa shape index (κ3) is 3.09. The predicted octanol–water partition coefficient (Wildman–Crippen LogP) is 5.04. The minimum atomic E-state index is -4.50. The van der Waals surface area contributed by atoms with Crippen LogP contribution in [0.4, 0.5) is 0 Å². The summed E-state index contributed by atoms with van der Waals surface area (Å²) in [6.07, 6.45) is 5.88. The minimum absolute atomic E-state index is 0.0840. The molecule has 2 fully saturated rings. The molecule has 0 spiro atoms. The largest absolute Gasteiger partial charge is 0.397 e. The van der Waals surface area contributed by atoms with Gasteiger partial charge in [-0.15, -0.1) is 0 Å². The first-order valence-electron chi connectivity index (χ1n) is 11.0. The van der Waals surface area contributed by atoms with E-state index < -0.39 is 16.5 Å². The average Bonchev–Trinajstić information content (AvgIpc) is 2.85. The third-order valence-electron chi connectivity index (χ3n) is 8.98. The summed E-state index contributed by atoms with van der Waals surface area (Å²) in [5.41, 5.74) is 4.51. The lowest BCUT2D eigenvalue weighted by Gasteiger charge is -2.59. The molecule has 6 atom stereocenters. The molecule has 162 valence electrons. The zero-order chi connectivity index (χ0) is 21.4. The van der Waals surface area contributed by atoms with E-state index >= 15 is 0 Å². The SMILES string of the molecule is CC(=O)C1=C(C)C[C@H]2[C@@H]3CC(C)=C4CCCC(OS(=O)(=O)O)[C@]4(C)[C@H]3CC[C@]12C. The lowest BCUT2D eigenvalue weighted by molar-refractivity contribution is -0.116. The van der Waals surface area contributed by atoms with E-state index in [2.05, 4.69) is 27.7 Å². The number of rotatable bonds is 3. The molecule has 1 N–H and O–H groups in total. The fourth-order valence-electron chi connectivity index (χ4n) is 8.08. The Morgan fingerprint density at radius 1 is 1.10 bits per heavy atom. The molecular formula is C23H34O5S. The molecule has 1 unspecified atom stereocenters. The molecule has 0 heterocycles. The van der Waals surface area contributed by atoms with Crippen molar-refractivity contribution >= 4 is 16.2 Å². The molecule has 0 amide bonds. The summed E-state index contributed by atoms with van der Waals surface area (Å²) in [7, 11) is -4.50. The monoisotopic (exact) mass is 422 g/mol. The summed E-state index contributed by atoms with van der Waals surface area (Å²) in [6.45, 7) is 10.4. The van der Waals surface area contributed by atoms with Crippen molar-refractivity contribution in [3.8, 4) is 0 Å². The third-order valence-corrected chi connectivity index (χ3v) is 9.46. The van der Waals surface area contributed by atoms with E-state index in [1.54, 1.807) is 6.92 Å². The van der Waals surface area contributed by atoms with Gasteiger partial charge < -0.3 is 0 Å². The Bertz CT molecular complexity index is 914. The molecule has 4 aliphatic rings. The fraction of sp³-hybridized carbons (Fsp3) is 0.783. The molecule has 29 heavy (non-hydrogen) atoms. The van der Waals surface area contributed by atoms with Crippen LogP contribution in [0.1, 0.15) is 79.6 Å². The highest BCUT2D eigenvalue weighted by Gasteiger charge is 2.61. The van der Waals surface area contributed by atoms with Crippen LogP contribution in [-0.4, -0.2) is 24.9 Å². The van der Waals surface area contributed by atoms with Gasteiger partial charge in [0.15, 0.2) is 5.78 Å². The van der Waals surface area contributed by atoms with Gasteiger partial charge in [-0.05, 0) is 94.5 Å². The van der Waals surface area contributed by atoms with Crippen LogP contribution in [0.2, 0.25) is 0 Å². The Labute approximate surface area is 174 Å². The number of hydrogen-bond acceptors (Lipinski definition) is 4. The Morgan fingerprint density at radius 3 is 2.41 bits per heavy atom. The maximum atomic E-state index is 12.5. The van der Waals surface area contributed by atoms with Crippen molar-refractivity contribution in [3.05, 3.63) is 22.3 Å². The molecule has 0 radical (unpaired) electrons. The second-order valence-electron chi connectivity index (χ2n) is 10.4. The summed E-state index contributed by atoms with van der Waals surface area (Å²) >= 11 is 0. The smallest absolute Gasteiger partial charge is 0.295 e. The van der Waals surface area contributed by atoms with Crippen LogP contribution in [0.3, 0.4) is 0 Å². The van der Waals surface area contributed by atoms with Gasteiger partial charge in [0.05, 0.1) is 6.10 Å². The van der Waals surface area contributed by atoms with Gasteiger partial charge in [-0.1, -0.05) is 30.6 Å². The first-order valence-corrected chi connectivity index (χ1v) is 12.3. The maximum Gasteiger partial charge on any atom is 0.397 e. The number of carbonyl (C=O) groups is 1. The van der Waals surface area contributed by atoms with E-state index in [0.29, 0.717) is 24.2 Å². The van der Waals surface area contributed by atoms with E-state index in [-0.39, 0.29) is 16.6 Å². The van der Waals surface area contributed by atoms with Crippen molar-refractivity contribution in [3.63, 3.8) is 0 Å². The van der Waals surface area contributed by atoms with Gasteiger partial charge in [-0.3, -0.25) is 9.35 Å². The molecule has 0 aliphatic heterocycles. The first-order chi connectivity index (χ1) is 13.4. The molecule has 0 aromatic rings. The maximum absolute atomic E-state index is 12.5. The number of allylic oxidation sites excluding steroid dienone is 3. The number of carbonyl (C=O) groups excluding carboxylic acids is 1. The second-order valence-corrected chi connectivity index (χ2v) is 11.4. The van der Waals surface area contributed by atoms with Crippen molar-refractivity contribution in [2.45, 2.75) is 85.7 Å². The van der Waals surface area contributed by atoms with Gasteiger partial charge in [0.25, 0.3) is 0 Å². The summed E-state index contributed by atoms with van der Waals surface area (Å²) in [4.78, 5) is 12.5. The van der Waals surface area contributed by atoms with Gasteiger partial charge in [0.2, 0.25) is 0 Å². The Balaban J connectivity index is 1.77. The van der Waals surface area contributed by atoms with Crippen LogP contribution < -0.4 is 0 Å². The van der Waals surface area contributed by atoms with E-state index in [0.717, 1.165) is 44.1 Å². The van der Waals surface area contributed by atoms with Crippen molar-refractivity contribution in [1.29, 1.82) is 0 Å². The molecule has 2 saturated carbocycles. The Morgan fingerprint density at radius 2 is 1.79 bits per heavy atom. The number of fused-ring (bicyclic) bond motifs is 5. The number of hydrogen-bond donors (Lipinski definition) is 1. The van der Waals surface area contributed by atoms with Crippen LogP contribution in [0.25, 0.3) is 0 Å². The quantitative estimate of drug-likeness (QED) is 0.509. The summed E-state index contributed by atoms with van der Waals surface area (Å²) in [6, 6.07) is 0. The molecule has 0 bridgehead atoms. The highest BCUT2D eigenvalue weighted by molar-refractivity contribution is 7.80. The molecule has 0 aromatic carbocycles. The zero-order valence-corrected chi connectivity index (χ0v) is 19.1. The average molecular weight is 423 g/mol. The molecule has 0 aromatic heterocycles. The molecule has 4 rings (SSSR count). The van der Waals surface area contributed by atoms with E-state index in [9.17, 15) is 17.8 Å². The fourth-order valence-corrected chi connectivity index (χ4v) is 8.67. The lowest BCUT2D eigenvalue weighted by Crippen LogP contribution is -2.55. The molecule has 6 heteroatoms. The summed E-state index contributed by atoms with van der Waals surface area (Å²) in [5, 5.41) is 0. The highest BCUT2D eigenvalue weighted by atomic mass is 32.3. The van der Waals surface area contributed by atoms with Crippen LogP contribution in [-0.2, 0) is 19.4 Å². The Hall–Kier alpha value is -0.980. The normalized spacial score (nSPS) is 42.4. The predicted molar refractivity (Wildman–Crippen MR) is 112 cm³/mol. The standard InChI is InChI=1S/C23H34O5S/c1-13-11-16-18(9-10-22(4)19(16)12-14(2)21(22)15(3)24)23(5)17(13)7-6-8-20(23)28-29(25,26)27/h16,18-20H,6-12H2,1-5H3,(H,25,26,27)/t16-,18+,19+,20?,22+,23+/m1/s1. The van der Waals surface area contributed by atoms with Crippen molar-refractivity contribution in [1.82, 2.24) is 0 Å². The van der Waals surface area contributed by atoms with Crippen molar-refractivity contribution < 1.29 is 21.9 Å². The minimum Gasteiger partial charge on any atom is -0.295 e. The van der Waals surface area contributed by atoms with Gasteiger partial charge >= 0.3 is 10.4 Å². The second kappa shape index (κ2) is 6.76. The van der Waals surface area contributed by atoms with Gasteiger partial charge in [-0.25, -0.2) is 4.18 Å². The lowest BCUT2D eigenvalue weighted by atomic mass is 9.46. The van der Waals surface area contributed by atoms with E-state index in [1.807, 2.05) is 0 Å². The van der Waals surface area contributed by atoms with Crippen LogP contribution >= 0.6 is 0 Å². The van der Waals surface area contributed by atoms with Crippen LogP contribution in [0.5, 0.6) is 0 Å². The zero-order valence-electron chi connectivity index (χ0n) is 18.2. The first kappa shape index (κ1) is 21.3. The summed E-state index contributed by atoms with van der Waals surface area (Å²) < 4.78 is 38.0. The van der Waals surface area contributed by atoms with E-state index in [1.165, 1.54) is 16.7 Å². The number of ketones is 1. The van der Waals surface area contributed by atoms with Crippen molar-refractivity contribution in [2.75, 3.05) is 0 Å². The van der Waals surface area contributed by atoms with Gasteiger partial charge in [-0.2, -0.15) is 8.42 Å². The molecule has 4 aliphatic carbocycles. The summed E-state index contributed by atoms with van der Waals surface area (Å²) in [5.74, 6) is 1.32. The number of Topliss-reactive ketones (excluding diaryl/α,β-unsaturated/α-hetero) is 1. The Kier molecular flexibility index (Phi) is 4.96.